The minimum absolute atomic E-state index is 0.0210. The van der Waals surface area contributed by atoms with E-state index in [9.17, 15) is 4.79 Å². The van der Waals surface area contributed by atoms with Crippen LogP contribution in [-0.4, -0.2) is 39.6 Å². The summed E-state index contributed by atoms with van der Waals surface area (Å²) in [5, 5.41) is 0. The normalized spacial score (nSPS) is 14.9. The summed E-state index contributed by atoms with van der Waals surface area (Å²) in [4.78, 5) is 19.3. The number of carbonyl (C=O) groups is 1. The fourth-order valence-corrected chi connectivity index (χ4v) is 3.49. The molecule has 3 aromatic rings. The molecule has 0 radical (unpaired) electrons. The van der Waals surface area contributed by atoms with E-state index in [0.717, 1.165) is 42.8 Å². The fraction of sp³-hybridized carbons (Fsp3) is 0.364. The highest BCUT2D eigenvalue weighted by Gasteiger charge is 2.24. The predicted molar refractivity (Wildman–Crippen MR) is 106 cm³/mol. The van der Waals surface area contributed by atoms with Gasteiger partial charge in [0.2, 0.25) is 0 Å². The highest BCUT2D eigenvalue weighted by Crippen LogP contribution is 2.30. The first kappa shape index (κ1) is 17.6. The minimum Gasteiger partial charge on any atom is -0.488 e. The number of aryl methyl sites for hydroxylation is 2. The number of amides is 1. The molecule has 140 valence electrons. The Morgan fingerprint density at radius 2 is 1.96 bits per heavy atom. The van der Waals surface area contributed by atoms with E-state index in [1.807, 2.05) is 53.8 Å². The second-order valence-electron chi connectivity index (χ2n) is 7.32. The standard InChI is InChI=1S/C22H25N3O2/c1-15(12-17-8-5-4-6-9-17)27-20-14-18(22(26)25-10-7-11-25)13-19-21(20)23-16(2)24(19)3/h4-6,8-9,13-15H,7,10-12H2,1-3H3. The number of fused-ring (bicyclic) bond motifs is 1. The summed E-state index contributed by atoms with van der Waals surface area (Å²) < 4.78 is 8.29. The molecule has 27 heavy (non-hydrogen) atoms. The molecule has 2 heterocycles. The predicted octanol–water partition coefficient (Wildman–Crippen LogP) is 3.74. The number of ether oxygens (including phenoxy) is 1. The maximum atomic E-state index is 12.8. The number of carbonyl (C=O) groups excluding carboxylic acids is 1. The third-order valence-corrected chi connectivity index (χ3v) is 5.26. The van der Waals surface area contributed by atoms with Crippen molar-refractivity contribution in [3.05, 3.63) is 59.4 Å². The van der Waals surface area contributed by atoms with Crippen LogP contribution in [0.1, 0.15) is 35.1 Å². The molecule has 0 N–H and O–H groups in total. The van der Waals surface area contributed by atoms with Gasteiger partial charge in [0.25, 0.3) is 5.91 Å². The third kappa shape index (κ3) is 3.42. The van der Waals surface area contributed by atoms with E-state index in [-0.39, 0.29) is 12.0 Å². The van der Waals surface area contributed by atoms with Gasteiger partial charge in [-0.05, 0) is 38.0 Å². The van der Waals surface area contributed by atoms with Gasteiger partial charge in [0.05, 0.1) is 5.52 Å². The SMILES string of the molecule is Cc1nc2c(OC(C)Cc3ccccc3)cc(C(=O)N3CCC3)cc2n1C. The molecular weight excluding hydrogens is 338 g/mol. The first-order chi connectivity index (χ1) is 13.0. The van der Waals surface area contributed by atoms with E-state index in [2.05, 4.69) is 24.0 Å². The summed E-state index contributed by atoms with van der Waals surface area (Å²) in [5.41, 5.74) is 3.65. The van der Waals surface area contributed by atoms with Crippen LogP contribution in [-0.2, 0) is 13.5 Å². The topological polar surface area (TPSA) is 47.4 Å². The molecule has 0 bridgehead atoms. The van der Waals surface area contributed by atoms with Gasteiger partial charge < -0.3 is 14.2 Å². The van der Waals surface area contributed by atoms with Gasteiger partial charge in [-0.25, -0.2) is 4.98 Å². The Labute approximate surface area is 159 Å². The van der Waals surface area contributed by atoms with E-state index in [1.54, 1.807) is 0 Å². The van der Waals surface area contributed by atoms with E-state index in [4.69, 9.17) is 4.74 Å². The number of hydrogen-bond acceptors (Lipinski definition) is 3. The molecule has 0 saturated carbocycles. The molecule has 5 nitrogen and oxygen atoms in total. The van der Waals surface area contributed by atoms with Crippen molar-refractivity contribution < 1.29 is 9.53 Å². The summed E-state index contributed by atoms with van der Waals surface area (Å²) in [6.07, 6.45) is 1.86. The second kappa shape index (κ2) is 7.06. The van der Waals surface area contributed by atoms with E-state index in [1.165, 1.54) is 5.56 Å². The van der Waals surface area contributed by atoms with Crippen LogP contribution in [0.15, 0.2) is 42.5 Å². The first-order valence-electron chi connectivity index (χ1n) is 9.50. The summed E-state index contributed by atoms with van der Waals surface area (Å²) in [5.74, 6) is 1.66. The molecule has 4 rings (SSSR count). The Hall–Kier alpha value is -2.82. The lowest BCUT2D eigenvalue weighted by atomic mass is 10.1. The zero-order chi connectivity index (χ0) is 19.0. The van der Waals surface area contributed by atoms with Crippen LogP contribution in [0, 0.1) is 6.92 Å². The van der Waals surface area contributed by atoms with E-state index >= 15 is 0 Å². The average molecular weight is 363 g/mol. The van der Waals surface area contributed by atoms with Crippen LogP contribution >= 0.6 is 0 Å². The number of rotatable bonds is 5. The Kier molecular flexibility index (Phi) is 4.60. The van der Waals surface area contributed by atoms with Crippen molar-refractivity contribution in [1.29, 1.82) is 0 Å². The molecule has 5 heteroatoms. The van der Waals surface area contributed by atoms with Crippen LogP contribution in [0.4, 0.5) is 0 Å². The Morgan fingerprint density at radius 1 is 1.22 bits per heavy atom. The lowest BCUT2D eigenvalue weighted by Crippen LogP contribution is -2.42. The molecular formula is C22H25N3O2. The Bertz CT molecular complexity index is 974. The smallest absolute Gasteiger partial charge is 0.254 e. The summed E-state index contributed by atoms with van der Waals surface area (Å²) >= 11 is 0. The highest BCUT2D eigenvalue weighted by molar-refractivity contribution is 5.99. The quantitative estimate of drug-likeness (QED) is 0.694. The number of benzene rings is 2. The van der Waals surface area contributed by atoms with Crippen molar-refractivity contribution in [3.8, 4) is 5.75 Å². The molecule has 1 aliphatic heterocycles. The van der Waals surface area contributed by atoms with Crippen molar-refractivity contribution in [2.24, 2.45) is 7.05 Å². The summed E-state index contributed by atoms with van der Waals surface area (Å²) in [6.45, 7) is 5.69. The average Bonchev–Trinajstić information content (AvgIpc) is 2.89. The second-order valence-corrected chi connectivity index (χ2v) is 7.32. The fourth-order valence-electron chi connectivity index (χ4n) is 3.49. The van der Waals surface area contributed by atoms with Crippen molar-refractivity contribution in [2.75, 3.05) is 13.1 Å². The molecule has 1 aliphatic rings. The molecule has 1 fully saturated rings. The van der Waals surface area contributed by atoms with Crippen molar-refractivity contribution in [3.63, 3.8) is 0 Å². The number of imidazole rings is 1. The van der Waals surface area contributed by atoms with Crippen LogP contribution < -0.4 is 4.74 Å². The van der Waals surface area contributed by atoms with E-state index in [0.29, 0.717) is 11.3 Å². The highest BCUT2D eigenvalue weighted by atomic mass is 16.5. The Morgan fingerprint density at radius 3 is 2.63 bits per heavy atom. The zero-order valence-electron chi connectivity index (χ0n) is 16.1. The lowest BCUT2D eigenvalue weighted by Gasteiger charge is -2.31. The zero-order valence-corrected chi connectivity index (χ0v) is 16.1. The third-order valence-electron chi connectivity index (χ3n) is 5.26. The van der Waals surface area contributed by atoms with Gasteiger partial charge in [0.1, 0.15) is 23.2 Å². The summed E-state index contributed by atoms with van der Waals surface area (Å²) in [6, 6.07) is 14.1. The van der Waals surface area contributed by atoms with Gasteiger partial charge in [0, 0.05) is 32.1 Å². The molecule has 1 aromatic heterocycles. The maximum absolute atomic E-state index is 12.8. The molecule has 1 unspecified atom stereocenters. The van der Waals surface area contributed by atoms with Gasteiger partial charge in [0.15, 0.2) is 0 Å². The molecule has 1 saturated heterocycles. The van der Waals surface area contributed by atoms with Crippen molar-refractivity contribution in [2.45, 2.75) is 32.8 Å². The first-order valence-corrected chi connectivity index (χ1v) is 9.50. The van der Waals surface area contributed by atoms with Gasteiger partial charge in [-0.2, -0.15) is 0 Å². The van der Waals surface area contributed by atoms with Crippen LogP contribution in [0.5, 0.6) is 5.75 Å². The molecule has 0 aliphatic carbocycles. The Balaban J connectivity index is 1.67. The molecule has 1 amide bonds. The van der Waals surface area contributed by atoms with Crippen molar-refractivity contribution >= 4 is 16.9 Å². The maximum Gasteiger partial charge on any atom is 0.254 e. The molecule has 1 atom stereocenters. The van der Waals surface area contributed by atoms with Gasteiger partial charge in [-0.1, -0.05) is 30.3 Å². The largest absolute Gasteiger partial charge is 0.488 e. The van der Waals surface area contributed by atoms with Crippen LogP contribution in [0.3, 0.4) is 0 Å². The van der Waals surface area contributed by atoms with E-state index < -0.39 is 0 Å². The van der Waals surface area contributed by atoms with Gasteiger partial charge in [-0.15, -0.1) is 0 Å². The minimum atomic E-state index is -0.0210. The monoisotopic (exact) mass is 363 g/mol. The number of hydrogen-bond donors (Lipinski definition) is 0. The van der Waals surface area contributed by atoms with Gasteiger partial charge >= 0.3 is 0 Å². The number of nitrogens with zero attached hydrogens (tertiary/aromatic N) is 3. The molecule has 2 aromatic carbocycles. The van der Waals surface area contributed by atoms with Crippen LogP contribution in [0.2, 0.25) is 0 Å². The van der Waals surface area contributed by atoms with Crippen LogP contribution in [0.25, 0.3) is 11.0 Å². The van der Waals surface area contributed by atoms with Gasteiger partial charge in [-0.3, -0.25) is 4.79 Å². The summed E-state index contributed by atoms with van der Waals surface area (Å²) in [7, 11) is 1.97. The molecule has 0 spiro atoms. The van der Waals surface area contributed by atoms with Crippen molar-refractivity contribution in [1.82, 2.24) is 14.5 Å². The lowest BCUT2D eigenvalue weighted by molar-refractivity contribution is 0.0651. The number of likely N-dealkylation sites (tertiary alicyclic amines) is 1. The number of aromatic nitrogens is 2.